The van der Waals surface area contributed by atoms with E-state index in [0.717, 1.165) is 11.3 Å². The Morgan fingerprint density at radius 1 is 1.47 bits per heavy atom. The Kier molecular flexibility index (Phi) is 3.07. The number of nitrogens with zero attached hydrogens (tertiary/aromatic N) is 1. The highest BCUT2D eigenvalue weighted by molar-refractivity contribution is 5.80. The van der Waals surface area contributed by atoms with Gasteiger partial charge in [0, 0.05) is 24.2 Å². The van der Waals surface area contributed by atoms with Gasteiger partial charge in [0.15, 0.2) is 0 Å². The third-order valence-electron chi connectivity index (χ3n) is 2.99. The van der Waals surface area contributed by atoms with E-state index in [1.54, 1.807) is 12.0 Å². The van der Waals surface area contributed by atoms with Gasteiger partial charge in [-0.2, -0.15) is 0 Å². The highest BCUT2D eigenvalue weighted by Crippen LogP contribution is 2.22. The monoisotopic (exact) mass is 234 g/mol. The van der Waals surface area contributed by atoms with E-state index < -0.39 is 0 Å². The van der Waals surface area contributed by atoms with E-state index in [1.807, 2.05) is 31.2 Å². The molecule has 4 nitrogen and oxygen atoms in total. The summed E-state index contributed by atoms with van der Waals surface area (Å²) in [6.07, 6.45) is 0.375. The molecule has 1 heterocycles. The molecule has 4 heteroatoms. The quantitative estimate of drug-likeness (QED) is 0.841. The van der Waals surface area contributed by atoms with Crippen LogP contribution in [0.4, 0.5) is 0 Å². The third-order valence-corrected chi connectivity index (χ3v) is 2.99. The Hall–Kier alpha value is -1.55. The fraction of sp³-hybridized carbons (Fsp3) is 0.462. The van der Waals surface area contributed by atoms with E-state index in [1.165, 1.54) is 0 Å². The van der Waals surface area contributed by atoms with Crippen molar-refractivity contribution < 1.29 is 9.53 Å². The lowest BCUT2D eigenvalue weighted by atomic mass is 9.93. The fourth-order valence-corrected chi connectivity index (χ4v) is 2.13. The molecule has 17 heavy (non-hydrogen) atoms. The Bertz CT molecular complexity index is 421. The molecule has 0 bridgehead atoms. The number of ether oxygens (including phenoxy) is 1. The number of benzene rings is 1. The van der Waals surface area contributed by atoms with Crippen molar-refractivity contribution in [3.05, 3.63) is 29.8 Å². The van der Waals surface area contributed by atoms with Crippen molar-refractivity contribution in [2.24, 2.45) is 5.73 Å². The number of carbonyl (C=O) groups is 1. The molecular weight excluding hydrogens is 216 g/mol. The van der Waals surface area contributed by atoms with Crippen molar-refractivity contribution in [3.63, 3.8) is 0 Å². The van der Waals surface area contributed by atoms with Crippen LogP contribution in [0, 0.1) is 0 Å². The van der Waals surface area contributed by atoms with Crippen molar-refractivity contribution in [1.82, 2.24) is 4.90 Å². The highest BCUT2D eigenvalue weighted by Gasteiger charge is 2.37. The number of para-hydroxylation sites is 1. The lowest BCUT2D eigenvalue weighted by molar-refractivity contribution is -0.137. The molecule has 0 radical (unpaired) electrons. The van der Waals surface area contributed by atoms with Crippen LogP contribution in [0.3, 0.4) is 0 Å². The molecule has 1 aromatic carbocycles. The van der Waals surface area contributed by atoms with Crippen molar-refractivity contribution in [2.75, 3.05) is 20.2 Å². The molecule has 0 aromatic heterocycles. The van der Waals surface area contributed by atoms with Gasteiger partial charge in [0.05, 0.1) is 13.5 Å². The molecular formula is C13H18N2O2. The van der Waals surface area contributed by atoms with E-state index in [0.29, 0.717) is 19.5 Å². The van der Waals surface area contributed by atoms with Crippen molar-refractivity contribution >= 4 is 5.91 Å². The van der Waals surface area contributed by atoms with Gasteiger partial charge in [-0.1, -0.05) is 18.2 Å². The van der Waals surface area contributed by atoms with Crippen LogP contribution in [-0.4, -0.2) is 36.5 Å². The van der Waals surface area contributed by atoms with Crippen LogP contribution in [0.25, 0.3) is 0 Å². The molecule has 2 rings (SSSR count). The molecule has 1 aliphatic heterocycles. The number of rotatable bonds is 3. The zero-order valence-corrected chi connectivity index (χ0v) is 10.3. The highest BCUT2D eigenvalue weighted by atomic mass is 16.5. The summed E-state index contributed by atoms with van der Waals surface area (Å²) in [5.74, 6) is 0.870. The summed E-state index contributed by atoms with van der Waals surface area (Å²) in [6.45, 7) is 3.24. The summed E-state index contributed by atoms with van der Waals surface area (Å²) in [4.78, 5) is 13.7. The first-order chi connectivity index (χ1) is 8.02. The molecule has 1 aromatic rings. The predicted octanol–water partition coefficient (Wildman–Crippen LogP) is 0.797. The summed E-state index contributed by atoms with van der Waals surface area (Å²) in [5.41, 5.74) is 6.59. The van der Waals surface area contributed by atoms with Crippen molar-refractivity contribution in [3.8, 4) is 5.75 Å². The van der Waals surface area contributed by atoms with Crippen molar-refractivity contribution in [2.45, 2.75) is 18.9 Å². The summed E-state index contributed by atoms with van der Waals surface area (Å²) in [6, 6.07) is 7.59. The van der Waals surface area contributed by atoms with Crippen LogP contribution in [0.15, 0.2) is 24.3 Å². The molecule has 1 amide bonds. The number of carbonyl (C=O) groups excluding carboxylic acids is 1. The number of nitrogens with two attached hydrogens (primary N) is 1. The van der Waals surface area contributed by atoms with Crippen molar-refractivity contribution in [1.29, 1.82) is 0 Å². The zero-order chi connectivity index (χ0) is 12.5. The molecule has 1 saturated heterocycles. The summed E-state index contributed by atoms with van der Waals surface area (Å²) < 4.78 is 5.22. The molecule has 1 fully saturated rings. The van der Waals surface area contributed by atoms with Crippen LogP contribution in [-0.2, 0) is 11.2 Å². The van der Waals surface area contributed by atoms with Gasteiger partial charge in [-0.3, -0.25) is 4.79 Å². The van der Waals surface area contributed by atoms with Gasteiger partial charge in [0.1, 0.15) is 5.75 Å². The van der Waals surface area contributed by atoms with Crippen LogP contribution in [0.5, 0.6) is 5.75 Å². The van der Waals surface area contributed by atoms with Gasteiger partial charge in [0.25, 0.3) is 0 Å². The van der Waals surface area contributed by atoms with E-state index in [4.69, 9.17) is 10.5 Å². The van der Waals surface area contributed by atoms with E-state index in [2.05, 4.69) is 0 Å². The van der Waals surface area contributed by atoms with Crippen LogP contribution in [0.2, 0.25) is 0 Å². The van der Waals surface area contributed by atoms with Gasteiger partial charge in [0.2, 0.25) is 5.91 Å². The molecule has 92 valence electrons. The van der Waals surface area contributed by atoms with Gasteiger partial charge < -0.3 is 15.4 Å². The molecule has 0 saturated carbocycles. The lowest BCUT2D eigenvalue weighted by Gasteiger charge is -2.45. The largest absolute Gasteiger partial charge is 0.496 e. The first-order valence-corrected chi connectivity index (χ1v) is 5.70. The number of likely N-dealkylation sites (tertiary alicyclic amines) is 1. The maximum atomic E-state index is 12.0. The lowest BCUT2D eigenvalue weighted by Crippen LogP contribution is -2.67. The standard InChI is InChI=1S/C13H18N2O2/c1-13(14)8-15(9-13)12(16)7-10-5-3-4-6-11(10)17-2/h3-6H,7-9,14H2,1-2H3. The van der Waals surface area contributed by atoms with E-state index in [-0.39, 0.29) is 11.4 Å². The van der Waals surface area contributed by atoms with Crippen LogP contribution < -0.4 is 10.5 Å². The molecule has 2 N–H and O–H groups in total. The minimum absolute atomic E-state index is 0.109. The summed E-state index contributed by atoms with van der Waals surface area (Å²) in [7, 11) is 1.61. The summed E-state index contributed by atoms with van der Waals surface area (Å²) >= 11 is 0. The van der Waals surface area contributed by atoms with Gasteiger partial charge in [-0.05, 0) is 13.0 Å². The maximum Gasteiger partial charge on any atom is 0.227 e. The Morgan fingerprint density at radius 2 is 2.12 bits per heavy atom. The Labute approximate surface area is 101 Å². The van der Waals surface area contributed by atoms with Crippen LogP contribution in [0.1, 0.15) is 12.5 Å². The normalized spacial score (nSPS) is 17.5. The van der Waals surface area contributed by atoms with Gasteiger partial charge >= 0.3 is 0 Å². The fourth-order valence-electron chi connectivity index (χ4n) is 2.13. The minimum atomic E-state index is -0.212. The smallest absolute Gasteiger partial charge is 0.227 e. The number of methoxy groups -OCH3 is 1. The maximum absolute atomic E-state index is 12.0. The second-order valence-corrected chi connectivity index (χ2v) is 4.89. The van der Waals surface area contributed by atoms with Crippen LogP contribution >= 0.6 is 0 Å². The molecule has 0 unspecified atom stereocenters. The first-order valence-electron chi connectivity index (χ1n) is 5.70. The molecule has 0 atom stereocenters. The second kappa shape index (κ2) is 4.37. The van der Waals surface area contributed by atoms with Gasteiger partial charge in [-0.15, -0.1) is 0 Å². The first kappa shape index (κ1) is 11.9. The summed E-state index contributed by atoms with van der Waals surface area (Å²) in [5, 5.41) is 0. The Balaban J connectivity index is 1.99. The SMILES string of the molecule is COc1ccccc1CC(=O)N1CC(C)(N)C1. The predicted molar refractivity (Wildman–Crippen MR) is 65.9 cm³/mol. The van der Waals surface area contributed by atoms with E-state index in [9.17, 15) is 4.79 Å². The second-order valence-electron chi connectivity index (χ2n) is 4.89. The topological polar surface area (TPSA) is 55.6 Å². The van der Waals surface area contributed by atoms with Gasteiger partial charge in [-0.25, -0.2) is 0 Å². The third kappa shape index (κ3) is 2.58. The Morgan fingerprint density at radius 3 is 2.71 bits per heavy atom. The molecule has 0 aliphatic carbocycles. The average molecular weight is 234 g/mol. The number of amides is 1. The average Bonchev–Trinajstić information content (AvgIpc) is 2.26. The molecule has 1 aliphatic rings. The van der Waals surface area contributed by atoms with E-state index >= 15 is 0 Å². The zero-order valence-electron chi connectivity index (χ0n) is 10.3. The number of hydrogen-bond donors (Lipinski definition) is 1. The molecule has 0 spiro atoms. The minimum Gasteiger partial charge on any atom is -0.496 e. The number of hydrogen-bond acceptors (Lipinski definition) is 3.